The number of hydrogen-bond donors (Lipinski definition) is 4. The van der Waals surface area contributed by atoms with Crippen LogP contribution in [0, 0.1) is 5.41 Å². The van der Waals surface area contributed by atoms with E-state index < -0.39 is 11.5 Å². The standard InChI is InChI=1S/C10H18FN3O2/c1-10(13,9(15)16)4-2-3-8(11)7-14-6-5-12/h3,5,12,14H,2,4,6-7,13H2,1H3,(H,15,16)/b8-3-,12-5?. The minimum absolute atomic E-state index is 0.0454. The Morgan fingerprint density at radius 3 is 2.81 bits per heavy atom. The summed E-state index contributed by atoms with van der Waals surface area (Å²) in [4.78, 5) is 10.6. The zero-order valence-corrected chi connectivity index (χ0v) is 9.29. The third-order valence-corrected chi connectivity index (χ3v) is 2.06. The summed E-state index contributed by atoms with van der Waals surface area (Å²) in [5.74, 6) is -1.47. The topological polar surface area (TPSA) is 99.2 Å². The van der Waals surface area contributed by atoms with Crippen LogP contribution in [-0.2, 0) is 4.79 Å². The van der Waals surface area contributed by atoms with Gasteiger partial charge in [0.15, 0.2) is 0 Å². The van der Waals surface area contributed by atoms with E-state index in [1.807, 2.05) is 0 Å². The van der Waals surface area contributed by atoms with Crippen LogP contribution >= 0.6 is 0 Å². The van der Waals surface area contributed by atoms with E-state index in [2.05, 4.69) is 5.32 Å². The van der Waals surface area contributed by atoms with E-state index in [4.69, 9.17) is 16.2 Å². The molecule has 16 heavy (non-hydrogen) atoms. The number of allylic oxidation sites excluding steroid dienone is 1. The van der Waals surface area contributed by atoms with Crippen LogP contribution in [0.3, 0.4) is 0 Å². The summed E-state index contributed by atoms with van der Waals surface area (Å²) >= 11 is 0. The van der Waals surface area contributed by atoms with Crippen LogP contribution < -0.4 is 11.1 Å². The average Bonchev–Trinajstić information content (AvgIpc) is 2.17. The number of rotatable bonds is 8. The summed E-state index contributed by atoms with van der Waals surface area (Å²) in [7, 11) is 0. The van der Waals surface area contributed by atoms with Crippen molar-refractivity contribution in [3.8, 4) is 0 Å². The number of carboxylic acid groups (broad SMARTS) is 1. The van der Waals surface area contributed by atoms with Crippen LogP contribution in [0.4, 0.5) is 4.39 Å². The molecule has 6 heteroatoms. The quantitative estimate of drug-likeness (QED) is 0.364. The van der Waals surface area contributed by atoms with E-state index in [9.17, 15) is 9.18 Å². The largest absolute Gasteiger partial charge is 0.480 e. The van der Waals surface area contributed by atoms with E-state index in [1.54, 1.807) is 0 Å². The Kier molecular flexibility index (Phi) is 6.52. The van der Waals surface area contributed by atoms with E-state index >= 15 is 0 Å². The number of nitrogens with one attached hydrogen (secondary N) is 2. The molecule has 92 valence electrons. The molecule has 0 aromatic rings. The molecule has 0 saturated carbocycles. The van der Waals surface area contributed by atoms with Crippen molar-refractivity contribution in [3.05, 3.63) is 11.9 Å². The number of halogens is 1. The molecular formula is C10H18FN3O2. The Morgan fingerprint density at radius 1 is 1.69 bits per heavy atom. The number of carboxylic acids is 1. The van der Waals surface area contributed by atoms with Gasteiger partial charge >= 0.3 is 5.97 Å². The van der Waals surface area contributed by atoms with Gasteiger partial charge in [0.25, 0.3) is 0 Å². The molecule has 0 aromatic carbocycles. The van der Waals surface area contributed by atoms with Crippen LogP contribution in [0.2, 0.25) is 0 Å². The van der Waals surface area contributed by atoms with Crippen molar-refractivity contribution in [1.82, 2.24) is 5.32 Å². The summed E-state index contributed by atoms with van der Waals surface area (Å²) in [6.45, 7) is 1.75. The molecule has 0 radical (unpaired) electrons. The van der Waals surface area contributed by atoms with Gasteiger partial charge in [-0.05, 0) is 19.8 Å². The van der Waals surface area contributed by atoms with Crippen molar-refractivity contribution >= 4 is 12.2 Å². The molecular weight excluding hydrogens is 213 g/mol. The summed E-state index contributed by atoms with van der Waals surface area (Å²) in [5.41, 5.74) is 4.15. The van der Waals surface area contributed by atoms with Gasteiger partial charge in [0.2, 0.25) is 0 Å². The number of aliphatic carboxylic acids is 1. The van der Waals surface area contributed by atoms with Gasteiger partial charge in [-0.1, -0.05) is 6.08 Å². The fraction of sp³-hybridized carbons (Fsp3) is 0.600. The lowest BCUT2D eigenvalue weighted by Gasteiger charge is -2.17. The van der Waals surface area contributed by atoms with E-state index in [1.165, 1.54) is 13.0 Å². The van der Waals surface area contributed by atoms with Crippen molar-refractivity contribution in [2.75, 3.05) is 13.1 Å². The van der Waals surface area contributed by atoms with Gasteiger partial charge in [-0.2, -0.15) is 0 Å². The van der Waals surface area contributed by atoms with E-state index in [-0.39, 0.29) is 25.2 Å². The van der Waals surface area contributed by atoms with Gasteiger partial charge in [-0.25, -0.2) is 4.39 Å². The molecule has 0 aromatic heterocycles. The second kappa shape index (κ2) is 7.08. The predicted octanol–water partition coefficient (Wildman–Crippen LogP) is 0.661. The lowest BCUT2D eigenvalue weighted by molar-refractivity contribution is -0.142. The fourth-order valence-corrected chi connectivity index (χ4v) is 0.971. The highest BCUT2D eigenvalue weighted by atomic mass is 19.1. The molecule has 0 bridgehead atoms. The summed E-state index contributed by atoms with van der Waals surface area (Å²) in [6.07, 6.45) is 2.90. The minimum Gasteiger partial charge on any atom is -0.480 e. The van der Waals surface area contributed by atoms with Gasteiger partial charge in [0.1, 0.15) is 11.4 Å². The molecule has 5 N–H and O–H groups in total. The van der Waals surface area contributed by atoms with Gasteiger partial charge in [-0.15, -0.1) is 0 Å². The normalized spacial score (nSPS) is 15.6. The molecule has 5 nitrogen and oxygen atoms in total. The second-order valence-electron chi connectivity index (χ2n) is 3.75. The highest BCUT2D eigenvalue weighted by Crippen LogP contribution is 2.10. The Balaban J connectivity index is 3.90. The maximum Gasteiger partial charge on any atom is 0.323 e. The van der Waals surface area contributed by atoms with Crippen LogP contribution in [0.1, 0.15) is 19.8 Å². The maximum atomic E-state index is 13.0. The number of nitrogens with two attached hydrogens (primary N) is 1. The Morgan fingerprint density at radius 2 is 2.31 bits per heavy atom. The highest BCUT2D eigenvalue weighted by molar-refractivity contribution is 5.77. The van der Waals surface area contributed by atoms with Gasteiger partial charge in [-0.3, -0.25) is 4.79 Å². The highest BCUT2D eigenvalue weighted by Gasteiger charge is 2.26. The van der Waals surface area contributed by atoms with Crippen LogP contribution in [-0.4, -0.2) is 35.9 Å². The van der Waals surface area contributed by atoms with Crippen molar-refractivity contribution in [2.45, 2.75) is 25.3 Å². The molecule has 0 rings (SSSR count). The second-order valence-corrected chi connectivity index (χ2v) is 3.75. The number of hydrogen-bond acceptors (Lipinski definition) is 4. The molecule has 0 amide bonds. The van der Waals surface area contributed by atoms with E-state index in [0.717, 1.165) is 6.21 Å². The van der Waals surface area contributed by atoms with E-state index in [0.29, 0.717) is 6.54 Å². The van der Waals surface area contributed by atoms with Crippen molar-refractivity contribution < 1.29 is 14.3 Å². The summed E-state index contributed by atoms with van der Waals surface area (Å²) in [6, 6.07) is 0. The Labute approximate surface area is 94.0 Å². The first-order valence-electron chi connectivity index (χ1n) is 4.96. The van der Waals surface area contributed by atoms with Gasteiger partial charge in [0.05, 0.1) is 0 Å². The first-order chi connectivity index (χ1) is 7.40. The predicted molar refractivity (Wildman–Crippen MR) is 60.3 cm³/mol. The monoisotopic (exact) mass is 231 g/mol. The van der Waals surface area contributed by atoms with Crippen molar-refractivity contribution in [1.29, 1.82) is 5.41 Å². The molecule has 0 saturated heterocycles. The summed E-state index contributed by atoms with van der Waals surface area (Å²) in [5, 5.41) is 18.1. The van der Waals surface area contributed by atoms with Crippen LogP contribution in [0.25, 0.3) is 0 Å². The molecule has 1 atom stereocenters. The molecule has 0 heterocycles. The molecule has 0 spiro atoms. The minimum atomic E-state index is -1.32. The SMILES string of the molecule is CC(N)(CC/C=C(\F)CNCC=N)C(=O)O. The lowest BCUT2D eigenvalue weighted by Crippen LogP contribution is -2.44. The average molecular weight is 231 g/mol. The van der Waals surface area contributed by atoms with Gasteiger partial charge < -0.3 is 21.6 Å². The van der Waals surface area contributed by atoms with Crippen LogP contribution in [0.5, 0.6) is 0 Å². The molecule has 0 fully saturated rings. The summed E-state index contributed by atoms with van der Waals surface area (Å²) < 4.78 is 13.0. The first-order valence-corrected chi connectivity index (χ1v) is 4.96. The zero-order chi connectivity index (χ0) is 12.6. The van der Waals surface area contributed by atoms with Crippen molar-refractivity contribution in [3.63, 3.8) is 0 Å². The smallest absolute Gasteiger partial charge is 0.323 e. The Hall–Kier alpha value is -1.27. The number of carbonyl (C=O) groups is 1. The van der Waals surface area contributed by atoms with Gasteiger partial charge in [0, 0.05) is 19.3 Å². The molecule has 0 aliphatic carbocycles. The zero-order valence-electron chi connectivity index (χ0n) is 9.29. The fourth-order valence-electron chi connectivity index (χ4n) is 0.971. The Bertz CT molecular complexity index is 277. The molecule has 0 aliphatic heterocycles. The third-order valence-electron chi connectivity index (χ3n) is 2.06. The lowest BCUT2D eigenvalue weighted by atomic mass is 9.97. The molecule has 0 aliphatic rings. The maximum absolute atomic E-state index is 13.0. The van der Waals surface area contributed by atoms with Crippen LogP contribution in [0.15, 0.2) is 11.9 Å². The first kappa shape index (κ1) is 14.7. The molecule has 1 unspecified atom stereocenters. The van der Waals surface area contributed by atoms with Crippen molar-refractivity contribution in [2.24, 2.45) is 5.73 Å². The third kappa shape index (κ3) is 6.26.